The molecule has 3 N–H and O–H groups in total. The van der Waals surface area contributed by atoms with E-state index in [1.807, 2.05) is 12.1 Å². The molecule has 1 aliphatic rings. The van der Waals surface area contributed by atoms with Gasteiger partial charge in [0, 0.05) is 25.0 Å². The molecule has 1 aliphatic heterocycles. The van der Waals surface area contributed by atoms with Gasteiger partial charge in [0.15, 0.2) is 0 Å². The van der Waals surface area contributed by atoms with E-state index in [0.29, 0.717) is 5.02 Å². The Kier molecular flexibility index (Phi) is 5.44. The lowest BCUT2D eigenvalue weighted by atomic mass is 10.0. The molecule has 124 valence electrons. The molecule has 0 aliphatic carbocycles. The van der Waals surface area contributed by atoms with Crippen molar-refractivity contribution in [1.29, 1.82) is 0 Å². The molecule has 2 atom stereocenters. The quantitative estimate of drug-likeness (QED) is 0.754. The first-order valence-corrected chi connectivity index (χ1v) is 7.53. The first kappa shape index (κ1) is 17.1. The highest BCUT2D eigenvalue weighted by Gasteiger charge is 2.39. The Hall–Kier alpha value is -2.28. The number of likely N-dealkylation sites (tertiary alicyclic amines) is 1. The minimum Gasteiger partial charge on any atom is -0.481 e. The van der Waals surface area contributed by atoms with Crippen molar-refractivity contribution in [2.45, 2.75) is 24.9 Å². The molecule has 1 saturated heterocycles. The molecular weight excluding hydrogens is 322 g/mol. The molecule has 23 heavy (non-hydrogen) atoms. The van der Waals surface area contributed by atoms with Crippen LogP contribution < -0.4 is 10.6 Å². The van der Waals surface area contributed by atoms with E-state index in [1.165, 1.54) is 0 Å². The summed E-state index contributed by atoms with van der Waals surface area (Å²) in [5, 5.41) is 14.4. The molecule has 1 fully saturated rings. The zero-order valence-corrected chi connectivity index (χ0v) is 13.3. The Balaban J connectivity index is 2.04. The number of carboxylic acid groups (broad SMARTS) is 1. The minimum absolute atomic E-state index is 0.0310. The van der Waals surface area contributed by atoms with Gasteiger partial charge in [-0.3, -0.25) is 9.59 Å². The number of hydrogen-bond donors (Lipinski definition) is 3. The van der Waals surface area contributed by atoms with Crippen LogP contribution in [0.5, 0.6) is 0 Å². The second-order valence-corrected chi connectivity index (χ2v) is 5.79. The van der Waals surface area contributed by atoms with Crippen molar-refractivity contribution in [1.82, 2.24) is 15.5 Å². The maximum atomic E-state index is 12.0. The van der Waals surface area contributed by atoms with Crippen LogP contribution in [-0.2, 0) is 9.59 Å². The molecular formula is C15H18ClN3O4. The number of carbonyl (C=O) groups excluding carboxylic acids is 2. The van der Waals surface area contributed by atoms with E-state index >= 15 is 0 Å². The van der Waals surface area contributed by atoms with E-state index in [2.05, 4.69) is 10.6 Å². The van der Waals surface area contributed by atoms with Gasteiger partial charge in [0.1, 0.15) is 0 Å². The third kappa shape index (κ3) is 4.35. The Labute approximate surface area is 138 Å². The molecule has 8 heteroatoms. The summed E-state index contributed by atoms with van der Waals surface area (Å²) in [6.07, 6.45) is 0.0354. The number of hydrogen-bond acceptors (Lipinski definition) is 3. The van der Waals surface area contributed by atoms with Crippen molar-refractivity contribution in [3.8, 4) is 0 Å². The number of rotatable bonds is 5. The van der Waals surface area contributed by atoms with Crippen molar-refractivity contribution in [3.63, 3.8) is 0 Å². The van der Waals surface area contributed by atoms with Crippen molar-refractivity contribution >= 4 is 29.5 Å². The van der Waals surface area contributed by atoms with Gasteiger partial charge in [-0.2, -0.15) is 0 Å². The van der Waals surface area contributed by atoms with Gasteiger partial charge in [0.05, 0.1) is 18.5 Å². The van der Waals surface area contributed by atoms with Crippen molar-refractivity contribution in [2.75, 3.05) is 13.6 Å². The number of benzene rings is 1. The van der Waals surface area contributed by atoms with Gasteiger partial charge in [-0.15, -0.1) is 0 Å². The third-order valence-electron chi connectivity index (χ3n) is 3.74. The first-order chi connectivity index (χ1) is 10.9. The number of amides is 3. The van der Waals surface area contributed by atoms with Crippen molar-refractivity contribution < 1.29 is 19.5 Å². The van der Waals surface area contributed by atoms with E-state index < -0.39 is 18.0 Å². The van der Waals surface area contributed by atoms with Crippen LogP contribution in [0.2, 0.25) is 5.02 Å². The average Bonchev–Trinajstić information content (AvgIpc) is 2.74. The van der Waals surface area contributed by atoms with E-state index in [9.17, 15) is 14.4 Å². The molecule has 0 spiro atoms. The van der Waals surface area contributed by atoms with Crippen LogP contribution in [0.15, 0.2) is 24.3 Å². The van der Waals surface area contributed by atoms with Crippen LogP contribution >= 0.6 is 11.6 Å². The molecule has 0 bridgehead atoms. The van der Waals surface area contributed by atoms with E-state index in [1.54, 1.807) is 24.1 Å². The van der Waals surface area contributed by atoms with E-state index in [-0.39, 0.29) is 31.3 Å². The predicted molar refractivity (Wildman–Crippen MR) is 84.2 cm³/mol. The zero-order chi connectivity index (χ0) is 17.0. The maximum Gasteiger partial charge on any atom is 0.315 e. The standard InChI is InChI=1S/C15H18ClN3O4/c1-19-12(20)8-11(18-15(23)17-7-6-13(21)22)14(19)9-2-4-10(16)5-3-9/h2-5,11,14H,6-8H2,1H3,(H,21,22)(H2,17,18,23). The molecule has 0 saturated carbocycles. The summed E-state index contributed by atoms with van der Waals surface area (Å²) < 4.78 is 0. The predicted octanol–water partition coefficient (Wildman–Crippen LogP) is 1.39. The summed E-state index contributed by atoms with van der Waals surface area (Å²) in [6, 6.07) is 5.94. The van der Waals surface area contributed by atoms with Crippen LogP contribution in [0.25, 0.3) is 0 Å². The number of halogens is 1. The molecule has 1 aromatic carbocycles. The summed E-state index contributed by atoms with van der Waals surface area (Å²) in [5.41, 5.74) is 0.874. The number of carboxylic acids is 1. The molecule has 7 nitrogen and oxygen atoms in total. The smallest absolute Gasteiger partial charge is 0.315 e. The molecule has 0 aromatic heterocycles. The lowest BCUT2D eigenvalue weighted by molar-refractivity contribution is -0.136. The van der Waals surface area contributed by atoms with Crippen LogP contribution in [-0.4, -0.2) is 47.5 Å². The molecule has 0 radical (unpaired) electrons. The van der Waals surface area contributed by atoms with Crippen LogP contribution in [0.4, 0.5) is 4.79 Å². The van der Waals surface area contributed by atoms with Gasteiger partial charge in [-0.05, 0) is 17.7 Å². The highest BCUT2D eigenvalue weighted by atomic mass is 35.5. The fourth-order valence-electron chi connectivity index (χ4n) is 2.62. The monoisotopic (exact) mass is 339 g/mol. The molecule has 3 amide bonds. The molecule has 1 aromatic rings. The number of nitrogens with zero attached hydrogens (tertiary/aromatic N) is 1. The number of urea groups is 1. The Morgan fingerprint density at radius 2 is 2.00 bits per heavy atom. The van der Waals surface area contributed by atoms with Gasteiger partial charge in [-0.1, -0.05) is 23.7 Å². The lowest BCUT2D eigenvalue weighted by Gasteiger charge is -2.26. The fraction of sp³-hybridized carbons (Fsp3) is 0.400. The highest BCUT2D eigenvalue weighted by Crippen LogP contribution is 2.32. The summed E-state index contributed by atoms with van der Waals surface area (Å²) in [4.78, 5) is 35.9. The van der Waals surface area contributed by atoms with Gasteiger partial charge < -0.3 is 20.6 Å². The maximum absolute atomic E-state index is 12.0. The van der Waals surface area contributed by atoms with Crippen LogP contribution in [0.3, 0.4) is 0 Å². The van der Waals surface area contributed by atoms with E-state index in [0.717, 1.165) is 5.56 Å². The van der Waals surface area contributed by atoms with Gasteiger partial charge in [0.25, 0.3) is 0 Å². The lowest BCUT2D eigenvalue weighted by Crippen LogP contribution is -2.44. The summed E-state index contributed by atoms with van der Waals surface area (Å²) in [7, 11) is 1.69. The highest BCUT2D eigenvalue weighted by molar-refractivity contribution is 6.30. The van der Waals surface area contributed by atoms with Gasteiger partial charge >= 0.3 is 12.0 Å². The normalized spacial score (nSPS) is 20.4. The average molecular weight is 340 g/mol. The molecule has 2 unspecified atom stereocenters. The fourth-order valence-corrected chi connectivity index (χ4v) is 2.74. The molecule has 2 rings (SSSR count). The SMILES string of the molecule is CN1C(=O)CC(NC(=O)NCCC(=O)O)C1c1ccc(Cl)cc1. The van der Waals surface area contributed by atoms with Crippen molar-refractivity contribution in [2.24, 2.45) is 0 Å². The summed E-state index contributed by atoms with van der Waals surface area (Å²) >= 11 is 5.88. The van der Waals surface area contributed by atoms with Gasteiger partial charge in [0.2, 0.25) is 5.91 Å². The number of carbonyl (C=O) groups is 3. The third-order valence-corrected chi connectivity index (χ3v) is 3.99. The summed E-state index contributed by atoms with van der Waals surface area (Å²) in [5.74, 6) is -1.05. The Morgan fingerprint density at radius 1 is 1.35 bits per heavy atom. The zero-order valence-electron chi connectivity index (χ0n) is 12.6. The Bertz CT molecular complexity index is 605. The second kappa shape index (κ2) is 7.32. The minimum atomic E-state index is -0.986. The largest absolute Gasteiger partial charge is 0.481 e. The second-order valence-electron chi connectivity index (χ2n) is 5.36. The van der Waals surface area contributed by atoms with Crippen LogP contribution in [0, 0.1) is 0 Å². The first-order valence-electron chi connectivity index (χ1n) is 7.15. The number of likely N-dealkylation sites (N-methyl/N-ethyl adjacent to an activating group) is 1. The van der Waals surface area contributed by atoms with E-state index in [4.69, 9.17) is 16.7 Å². The Morgan fingerprint density at radius 3 is 2.61 bits per heavy atom. The summed E-state index contributed by atoms with van der Waals surface area (Å²) in [6.45, 7) is 0.0310. The van der Waals surface area contributed by atoms with Crippen molar-refractivity contribution in [3.05, 3.63) is 34.9 Å². The molecule has 1 heterocycles. The van der Waals surface area contributed by atoms with Crippen LogP contribution in [0.1, 0.15) is 24.4 Å². The van der Waals surface area contributed by atoms with Gasteiger partial charge in [-0.25, -0.2) is 4.79 Å². The topological polar surface area (TPSA) is 98.7 Å². The number of aliphatic carboxylic acids is 1. The number of nitrogens with one attached hydrogen (secondary N) is 2.